The Kier molecular flexibility index (Phi) is 5.10. The minimum atomic E-state index is 0.0100. The fourth-order valence-electron chi connectivity index (χ4n) is 2.01. The number of hydrogen-bond donors (Lipinski definition) is 1. The van der Waals surface area contributed by atoms with Crippen LogP contribution in [-0.2, 0) is 17.8 Å². The van der Waals surface area contributed by atoms with Crippen molar-refractivity contribution in [1.29, 1.82) is 0 Å². The lowest BCUT2D eigenvalue weighted by molar-refractivity contribution is -0.129. The first-order chi connectivity index (χ1) is 9.95. The molecule has 2 rings (SSSR count). The van der Waals surface area contributed by atoms with Crippen molar-refractivity contribution in [3.8, 4) is 0 Å². The number of carbonyl (C=O) groups excluding carboxylic acids is 1. The molecule has 0 saturated carbocycles. The van der Waals surface area contributed by atoms with Gasteiger partial charge in [-0.15, -0.1) is 0 Å². The number of anilines is 1. The minimum Gasteiger partial charge on any atom is -0.399 e. The van der Waals surface area contributed by atoms with Gasteiger partial charge < -0.3 is 10.6 Å². The molecule has 0 radical (unpaired) electrons. The molecule has 110 valence electrons. The molecule has 0 saturated heterocycles. The number of likely N-dealkylation sites (N-methyl/N-ethyl adjacent to an activating group) is 1. The first-order valence-corrected chi connectivity index (χ1v) is 7.23. The summed E-state index contributed by atoms with van der Waals surface area (Å²) in [6, 6.07) is 12.7. The molecule has 2 aromatic carbocycles. The molecule has 0 fully saturated rings. The summed E-state index contributed by atoms with van der Waals surface area (Å²) in [6.07, 6.45) is 0.287. The van der Waals surface area contributed by atoms with Crippen LogP contribution in [0.3, 0.4) is 0 Å². The van der Waals surface area contributed by atoms with Crippen LogP contribution in [0.5, 0.6) is 0 Å². The van der Waals surface area contributed by atoms with Gasteiger partial charge in [0.1, 0.15) is 0 Å². The predicted octanol–water partition coefficient (Wildman–Crippen LogP) is 3.78. The standard InChI is InChI=1S/C16H16Cl2N2O/c1-20(10-12-3-2-4-13(19)7-12)16(21)9-11-5-6-14(17)15(18)8-11/h2-8H,9-10,19H2,1H3. The summed E-state index contributed by atoms with van der Waals surface area (Å²) in [4.78, 5) is 13.9. The molecule has 0 bridgehead atoms. The van der Waals surface area contributed by atoms with Crippen molar-refractivity contribution in [2.24, 2.45) is 0 Å². The van der Waals surface area contributed by atoms with E-state index in [1.807, 2.05) is 24.3 Å². The van der Waals surface area contributed by atoms with E-state index in [1.54, 1.807) is 30.1 Å². The molecule has 0 heterocycles. The summed E-state index contributed by atoms with van der Waals surface area (Å²) in [5.41, 5.74) is 8.27. The Labute approximate surface area is 134 Å². The fourth-order valence-corrected chi connectivity index (χ4v) is 2.33. The maximum Gasteiger partial charge on any atom is 0.227 e. The van der Waals surface area contributed by atoms with E-state index < -0.39 is 0 Å². The lowest BCUT2D eigenvalue weighted by atomic mass is 10.1. The summed E-state index contributed by atoms with van der Waals surface area (Å²) >= 11 is 11.8. The normalized spacial score (nSPS) is 10.4. The molecule has 21 heavy (non-hydrogen) atoms. The number of benzene rings is 2. The van der Waals surface area contributed by atoms with E-state index in [-0.39, 0.29) is 12.3 Å². The Morgan fingerprint density at radius 3 is 2.52 bits per heavy atom. The van der Waals surface area contributed by atoms with Gasteiger partial charge in [-0.05, 0) is 35.4 Å². The molecule has 0 aliphatic heterocycles. The number of carbonyl (C=O) groups is 1. The number of nitrogen functional groups attached to an aromatic ring is 1. The fraction of sp³-hybridized carbons (Fsp3) is 0.188. The van der Waals surface area contributed by atoms with Gasteiger partial charge in [-0.25, -0.2) is 0 Å². The van der Waals surface area contributed by atoms with E-state index in [4.69, 9.17) is 28.9 Å². The van der Waals surface area contributed by atoms with Gasteiger partial charge in [-0.3, -0.25) is 4.79 Å². The number of nitrogens with two attached hydrogens (primary N) is 1. The van der Waals surface area contributed by atoms with Crippen molar-refractivity contribution in [3.63, 3.8) is 0 Å². The van der Waals surface area contributed by atoms with Crippen LogP contribution in [0, 0.1) is 0 Å². The van der Waals surface area contributed by atoms with Gasteiger partial charge >= 0.3 is 0 Å². The molecule has 0 atom stereocenters. The van der Waals surface area contributed by atoms with E-state index >= 15 is 0 Å². The molecule has 1 amide bonds. The summed E-state index contributed by atoms with van der Waals surface area (Å²) in [6.45, 7) is 0.519. The topological polar surface area (TPSA) is 46.3 Å². The second kappa shape index (κ2) is 6.83. The monoisotopic (exact) mass is 322 g/mol. The maximum atomic E-state index is 12.2. The van der Waals surface area contributed by atoms with E-state index in [2.05, 4.69) is 0 Å². The van der Waals surface area contributed by atoms with Crippen molar-refractivity contribution in [1.82, 2.24) is 4.90 Å². The first-order valence-electron chi connectivity index (χ1n) is 6.48. The highest BCUT2D eigenvalue weighted by Crippen LogP contribution is 2.23. The summed E-state index contributed by atoms with van der Waals surface area (Å²) in [5.74, 6) is 0.0100. The van der Waals surface area contributed by atoms with Crippen LogP contribution in [0.1, 0.15) is 11.1 Å². The SMILES string of the molecule is CN(Cc1cccc(N)c1)C(=O)Cc1ccc(Cl)c(Cl)c1. The van der Waals surface area contributed by atoms with Crippen LogP contribution in [0.2, 0.25) is 10.0 Å². The van der Waals surface area contributed by atoms with Gasteiger partial charge in [0, 0.05) is 19.3 Å². The number of hydrogen-bond acceptors (Lipinski definition) is 2. The zero-order valence-corrected chi connectivity index (χ0v) is 13.2. The van der Waals surface area contributed by atoms with Crippen molar-refractivity contribution in [3.05, 3.63) is 63.6 Å². The smallest absolute Gasteiger partial charge is 0.227 e. The van der Waals surface area contributed by atoms with Gasteiger partial charge in [0.05, 0.1) is 16.5 Å². The zero-order valence-electron chi connectivity index (χ0n) is 11.6. The summed E-state index contributed by atoms with van der Waals surface area (Å²) in [5, 5.41) is 0.946. The largest absolute Gasteiger partial charge is 0.399 e. The van der Waals surface area contributed by atoms with E-state index in [9.17, 15) is 4.79 Å². The third-order valence-corrected chi connectivity index (χ3v) is 3.87. The number of nitrogens with zero attached hydrogens (tertiary/aromatic N) is 1. The van der Waals surface area contributed by atoms with Gasteiger partial charge in [0.25, 0.3) is 0 Å². The van der Waals surface area contributed by atoms with Gasteiger partial charge in [0.15, 0.2) is 0 Å². The third-order valence-electron chi connectivity index (χ3n) is 3.14. The van der Waals surface area contributed by atoms with Gasteiger partial charge in [-0.2, -0.15) is 0 Å². The maximum absolute atomic E-state index is 12.2. The molecule has 3 nitrogen and oxygen atoms in total. The van der Waals surface area contributed by atoms with Crippen molar-refractivity contribution in [2.45, 2.75) is 13.0 Å². The lowest BCUT2D eigenvalue weighted by Crippen LogP contribution is -2.27. The summed E-state index contributed by atoms with van der Waals surface area (Å²) in [7, 11) is 1.77. The second-order valence-electron chi connectivity index (χ2n) is 4.92. The molecule has 0 aliphatic rings. The van der Waals surface area contributed by atoms with Gasteiger partial charge in [0.2, 0.25) is 5.91 Å². The molecular weight excluding hydrogens is 307 g/mol. The molecule has 0 spiro atoms. The third kappa shape index (κ3) is 4.38. The highest BCUT2D eigenvalue weighted by Gasteiger charge is 2.11. The zero-order chi connectivity index (χ0) is 15.4. The van der Waals surface area contributed by atoms with E-state index in [0.29, 0.717) is 22.3 Å². The first kappa shape index (κ1) is 15.7. The van der Waals surface area contributed by atoms with Crippen molar-refractivity contribution in [2.75, 3.05) is 12.8 Å². The molecule has 0 aromatic heterocycles. The Hall–Kier alpha value is -1.71. The quantitative estimate of drug-likeness (QED) is 0.871. The van der Waals surface area contributed by atoms with E-state index in [0.717, 1.165) is 11.1 Å². The Balaban J connectivity index is 2.00. The van der Waals surface area contributed by atoms with Crippen LogP contribution in [0.4, 0.5) is 5.69 Å². The van der Waals surface area contributed by atoms with Crippen LogP contribution in [-0.4, -0.2) is 17.9 Å². The number of halogens is 2. The molecule has 0 unspecified atom stereocenters. The molecule has 0 aliphatic carbocycles. The second-order valence-corrected chi connectivity index (χ2v) is 5.73. The average molecular weight is 323 g/mol. The van der Waals surface area contributed by atoms with Crippen molar-refractivity contribution >= 4 is 34.8 Å². The minimum absolute atomic E-state index is 0.0100. The number of rotatable bonds is 4. The van der Waals surface area contributed by atoms with Crippen LogP contribution in [0.15, 0.2) is 42.5 Å². The van der Waals surface area contributed by atoms with Crippen LogP contribution >= 0.6 is 23.2 Å². The molecule has 2 aromatic rings. The molecule has 5 heteroatoms. The van der Waals surface area contributed by atoms with Crippen LogP contribution in [0.25, 0.3) is 0 Å². The predicted molar refractivity (Wildman–Crippen MR) is 87.5 cm³/mol. The average Bonchev–Trinajstić information content (AvgIpc) is 2.43. The Morgan fingerprint density at radius 1 is 1.10 bits per heavy atom. The van der Waals surface area contributed by atoms with Crippen molar-refractivity contribution < 1.29 is 4.79 Å². The van der Waals surface area contributed by atoms with Crippen LogP contribution < -0.4 is 5.73 Å². The highest BCUT2D eigenvalue weighted by atomic mass is 35.5. The van der Waals surface area contributed by atoms with E-state index in [1.165, 1.54) is 0 Å². The Morgan fingerprint density at radius 2 is 1.86 bits per heavy atom. The molecular formula is C16H16Cl2N2O. The summed E-state index contributed by atoms with van der Waals surface area (Å²) < 4.78 is 0. The Bertz CT molecular complexity index is 658. The number of amides is 1. The highest BCUT2D eigenvalue weighted by molar-refractivity contribution is 6.42. The molecule has 2 N–H and O–H groups in total. The lowest BCUT2D eigenvalue weighted by Gasteiger charge is -2.17. The van der Waals surface area contributed by atoms with Gasteiger partial charge in [-0.1, -0.05) is 41.4 Å².